The van der Waals surface area contributed by atoms with E-state index in [-0.39, 0.29) is 6.10 Å². The summed E-state index contributed by atoms with van der Waals surface area (Å²) < 4.78 is 11.3. The van der Waals surface area contributed by atoms with Crippen LogP contribution >= 0.6 is 0 Å². The van der Waals surface area contributed by atoms with E-state index >= 15 is 0 Å². The number of likely N-dealkylation sites (tertiary alicyclic amines) is 1. The standard InChI is InChI=1S/C16H23NO2/c1-13-15(11-18-12-19-13)16(17-9-5-6-10-17)14-7-3-2-4-8-14/h2-4,7-8,13,15-16H,5-6,9-12H2,1H3. The van der Waals surface area contributed by atoms with Crippen LogP contribution in [0.3, 0.4) is 0 Å². The molecule has 1 aromatic rings. The topological polar surface area (TPSA) is 21.7 Å². The summed E-state index contributed by atoms with van der Waals surface area (Å²) in [4.78, 5) is 2.61. The quantitative estimate of drug-likeness (QED) is 0.835. The van der Waals surface area contributed by atoms with Gasteiger partial charge < -0.3 is 9.47 Å². The zero-order valence-electron chi connectivity index (χ0n) is 11.6. The molecule has 2 aliphatic rings. The predicted molar refractivity (Wildman–Crippen MR) is 74.8 cm³/mol. The number of ether oxygens (including phenoxy) is 2. The van der Waals surface area contributed by atoms with Crippen molar-refractivity contribution in [1.29, 1.82) is 0 Å². The van der Waals surface area contributed by atoms with Gasteiger partial charge in [0.2, 0.25) is 0 Å². The fourth-order valence-electron chi connectivity index (χ4n) is 3.35. The molecule has 3 atom stereocenters. The Morgan fingerprint density at radius 2 is 1.89 bits per heavy atom. The largest absolute Gasteiger partial charge is 0.355 e. The first-order valence-electron chi connectivity index (χ1n) is 7.34. The average molecular weight is 261 g/mol. The van der Waals surface area contributed by atoms with E-state index in [1.807, 2.05) is 0 Å². The lowest BCUT2D eigenvalue weighted by Gasteiger charge is -2.40. The minimum absolute atomic E-state index is 0.263. The summed E-state index contributed by atoms with van der Waals surface area (Å²) in [7, 11) is 0. The first kappa shape index (κ1) is 13.1. The molecule has 0 aliphatic carbocycles. The van der Waals surface area contributed by atoms with Crippen molar-refractivity contribution < 1.29 is 9.47 Å². The zero-order valence-corrected chi connectivity index (χ0v) is 11.6. The van der Waals surface area contributed by atoms with E-state index in [2.05, 4.69) is 42.2 Å². The van der Waals surface area contributed by atoms with Gasteiger partial charge >= 0.3 is 0 Å². The molecular weight excluding hydrogens is 238 g/mol. The maximum Gasteiger partial charge on any atom is 0.147 e. The maximum atomic E-state index is 5.70. The molecule has 3 heteroatoms. The van der Waals surface area contributed by atoms with Crippen LogP contribution in [0.2, 0.25) is 0 Å². The molecule has 1 aromatic carbocycles. The monoisotopic (exact) mass is 261 g/mol. The zero-order chi connectivity index (χ0) is 13.1. The van der Waals surface area contributed by atoms with Crippen LogP contribution in [0, 0.1) is 5.92 Å². The highest BCUT2D eigenvalue weighted by Gasteiger charge is 2.36. The highest BCUT2D eigenvalue weighted by atomic mass is 16.7. The lowest BCUT2D eigenvalue weighted by atomic mass is 9.88. The van der Waals surface area contributed by atoms with E-state index in [9.17, 15) is 0 Å². The molecular formula is C16H23NO2. The summed E-state index contributed by atoms with van der Waals surface area (Å²) in [6.07, 6.45) is 2.89. The van der Waals surface area contributed by atoms with E-state index in [1.165, 1.54) is 31.5 Å². The molecule has 3 nitrogen and oxygen atoms in total. The smallest absolute Gasteiger partial charge is 0.147 e. The molecule has 104 valence electrons. The van der Waals surface area contributed by atoms with E-state index in [0.29, 0.717) is 18.8 Å². The van der Waals surface area contributed by atoms with Crippen molar-refractivity contribution in [3.63, 3.8) is 0 Å². The van der Waals surface area contributed by atoms with Crippen molar-refractivity contribution >= 4 is 0 Å². The van der Waals surface area contributed by atoms with Gasteiger partial charge in [0.25, 0.3) is 0 Å². The molecule has 3 unspecified atom stereocenters. The third-order valence-corrected chi connectivity index (χ3v) is 4.41. The van der Waals surface area contributed by atoms with Crippen molar-refractivity contribution in [3.8, 4) is 0 Å². The Labute approximate surface area is 115 Å². The Morgan fingerprint density at radius 1 is 1.16 bits per heavy atom. The molecule has 2 heterocycles. The van der Waals surface area contributed by atoms with Gasteiger partial charge in [0.05, 0.1) is 12.7 Å². The Hall–Kier alpha value is -0.900. The SMILES string of the molecule is CC1OCOCC1C(c1ccccc1)N1CCCC1. The van der Waals surface area contributed by atoms with Gasteiger partial charge in [0.1, 0.15) is 6.79 Å². The van der Waals surface area contributed by atoms with Crippen molar-refractivity contribution in [3.05, 3.63) is 35.9 Å². The number of benzene rings is 1. The normalized spacial score (nSPS) is 30.4. The van der Waals surface area contributed by atoms with Gasteiger partial charge in [0, 0.05) is 12.0 Å². The van der Waals surface area contributed by atoms with E-state index < -0.39 is 0 Å². The second-order valence-corrected chi connectivity index (χ2v) is 5.62. The average Bonchev–Trinajstić information content (AvgIpc) is 2.96. The van der Waals surface area contributed by atoms with Crippen LogP contribution < -0.4 is 0 Å². The summed E-state index contributed by atoms with van der Waals surface area (Å²) >= 11 is 0. The highest BCUT2D eigenvalue weighted by Crippen LogP contribution is 2.36. The first-order valence-corrected chi connectivity index (χ1v) is 7.34. The van der Waals surface area contributed by atoms with Crippen LogP contribution in [0.25, 0.3) is 0 Å². The van der Waals surface area contributed by atoms with Gasteiger partial charge in [-0.2, -0.15) is 0 Å². The Kier molecular flexibility index (Phi) is 4.16. The van der Waals surface area contributed by atoms with Gasteiger partial charge in [-0.3, -0.25) is 4.90 Å². The Bertz CT molecular complexity index is 389. The predicted octanol–water partition coefficient (Wildman–Crippen LogP) is 2.83. The molecule has 0 saturated carbocycles. The third kappa shape index (κ3) is 2.83. The molecule has 19 heavy (non-hydrogen) atoms. The molecule has 3 rings (SSSR count). The van der Waals surface area contributed by atoms with Gasteiger partial charge in [-0.25, -0.2) is 0 Å². The maximum absolute atomic E-state index is 5.70. The summed E-state index contributed by atoms with van der Waals surface area (Å²) in [5.74, 6) is 0.425. The van der Waals surface area contributed by atoms with Gasteiger partial charge in [-0.15, -0.1) is 0 Å². The van der Waals surface area contributed by atoms with Crippen LogP contribution in [0.4, 0.5) is 0 Å². The molecule has 2 aliphatic heterocycles. The lowest BCUT2D eigenvalue weighted by molar-refractivity contribution is -0.177. The minimum atomic E-state index is 0.263. The lowest BCUT2D eigenvalue weighted by Crippen LogP contribution is -2.42. The van der Waals surface area contributed by atoms with Crippen molar-refractivity contribution in [2.75, 3.05) is 26.5 Å². The molecule has 0 spiro atoms. The summed E-state index contributed by atoms with van der Waals surface area (Å²) in [5.41, 5.74) is 1.40. The fraction of sp³-hybridized carbons (Fsp3) is 0.625. The molecule has 0 N–H and O–H groups in total. The first-order chi connectivity index (χ1) is 9.36. The summed E-state index contributed by atoms with van der Waals surface area (Å²) in [6.45, 7) is 5.82. The summed E-state index contributed by atoms with van der Waals surface area (Å²) in [6, 6.07) is 11.3. The second-order valence-electron chi connectivity index (χ2n) is 5.62. The van der Waals surface area contributed by atoms with E-state index in [4.69, 9.17) is 9.47 Å². The third-order valence-electron chi connectivity index (χ3n) is 4.41. The molecule has 0 aromatic heterocycles. The number of hydrogen-bond acceptors (Lipinski definition) is 3. The number of hydrogen-bond donors (Lipinski definition) is 0. The number of nitrogens with zero attached hydrogens (tertiary/aromatic N) is 1. The van der Waals surface area contributed by atoms with Gasteiger partial charge in [-0.05, 0) is 38.4 Å². The Balaban J connectivity index is 1.87. The molecule has 0 radical (unpaired) electrons. The summed E-state index contributed by atoms with van der Waals surface area (Å²) in [5, 5.41) is 0. The second kappa shape index (κ2) is 6.04. The van der Waals surface area contributed by atoms with Gasteiger partial charge in [-0.1, -0.05) is 30.3 Å². The van der Waals surface area contributed by atoms with Crippen LogP contribution in [-0.4, -0.2) is 37.5 Å². The van der Waals surface area contributed by atoms with Crippen LogP contribution in [-0.2, 0) is 9.47 Å². The van der Waals surface area contributed by atoms with Crippen LogP contribution in [0.1, 0.15) is 31.4 Å². The van der Waals surface area contributed by atoms with E-state index in [1.54, 1.807) is 0 Å². The molecule has 2 fully saturated rings. The van der Waals surface area contributed by atoms with Crippen LogP contribution in [0.15, 0.2) is 30.3 Å². The molecule has 2 saturated heterocycles. The fourth-order valence-corrected chi connectivity index (χ4v) is 3.35. The van der Waals surface area contributed by atoms with Crippen molar-refractivity contribution in [1.82, 2.24) is 4.90 Å². The minimum Gasteiger partial charge on any atom is -0.355 e. The van der Waals surface area contributed by atoms with Crippen LogP contribution in [0.5, 0.6) is 0 Å². The number of rotatable bonds is 3. The highest BCUT2D eigenvalue weighted by molar-refractivity contribution is 5.20. The molecule has 0 amide bonds. The molecule has 0 bridgehead atoms. The van der Waals surface area contributed by atoms with Crippen molar-refractivity contribution in [2.45, 2.75) is 31.9 Å². The Morgan fingerprint density at radius 3 is 2.58 bits per heavy atom. The van der Waals surface area contributed by atoms with E-state index in [0.717, 1.165) is 6.61 Å². The van der Waals surface area contributed by atoms with Gasteiger partial charge in [0.15, 0.2) is 0 Å². The van der Waals surface area contributed by atoms with Crippen molar-refractivity contribution in [2.24, 2.45) is 5.92 Å².